The maximum absolute atomic E-state index is 13.5. The average Bonchev–Trinajstić information content (AvgIpc) is 3.26. The number of pyridine rings is 1. The van der Waals surface area contributed by atoms with Gasteiger partial charge in [-0.3, -0.25) is 10.1 Å². The zero-order valence-electron chi connectivity index (χ0n) is 23.4. The van der Waals surface area contributed by atoms with Crippen LogP contribution in [0.2, 0.25) is 5.02 Å². The first-order chi connectivity index (χ1) is 19.5. The molecule has 3 heterocycles. The Bertz CT molecular complexity index is 1620. The van der Waals surface area contributed by atoms with E-state index in [2.05, 4.69) is 39.8 Å². The number of halogens is 1. The Labute approximate surface area is 243 Å². The van der Waals surface area contributed by atoms with Gasteiger partial charge in [-0.05, 0) is 64.0 Å². The highest BCUT2D eigenvalue weighted by Crippen LogP contribution is 2.36. The number of allylic oxidation sites excluding steroid dienone is 4. The third kappa shape index (κ3) is 7.09. The van der Waals surface area contributed by atoms with Crippen molar-refractivity contribution < 1.29 is 19.1 Å². The van der Waals surface area contributed by atoms with Crippen molar-refractivity contribution in [3.05, 3.63) is 98.7 Å². The quantitative estimate of drug-likeness (QED) is 0.225. The Morgan fingerprint density at radius 1 is 1.20 bits per heavy atom. The maximum Gasteiger partial charge on any atom is 0.335 e. The van der Waals surface area contributed by atoms with Crippen molar-refractivity contribution in [2.45, 2.75) is 47.1 Å². The summed E-state index contributed by atoms with van der Waals surface area (Å²) in [5.41, 5.74) is 4.27. The molecule has 3 aromatic rings. The largest absolute Gasteiger partial charge is 0.478 e. The Morgan fingerprint density at radius 3 is 2.68 bits per heavy atom. The average molecular weight is 575 g/mol. The van der Waals surface area contributed by atoms with Crippen LogP contribution in [0, 0.1) is 13.8 Å². The molecule has 1 atom stereocenters. The van der Waals surface area contributed by atoms with Crippen molar-refractivity contribution in [2.75, 3.05) is 10.6 Å². The molecule has 1 aromatic carbocycles. The van der Waals surface area contributed by atoms with Crippen LogP contribution in [0.5, 0.6) is 0 Å². The number of oxazole rings is 1. The van der Waals surface area contributed by atoms with Crippen molar-refractivity contribution in [1.82, 2.24) is 15.3 Å². The summed E-state index contributed by atoms with van der Waals surface area (Å²) >= 11 is 6.62. The lowest BCUT2D eigenvalue weighted by atomic mass is 9.95. The lowest BCUT2D eigenvalue weighted by Gasteiger charge is -2.27. The van der Waals surface area contributed by atoms with E-state index in [4.69, 9.17) is 21.0 Å². The van der Waals surface area contributed by atoms with E-state index < -0.39 is 17.9 Å². The van der Waals surface area contributed by atoms with Gasteiger partial charge in [-0.1, -0.05) is 48.4 Å². The fourth-order valence-electron chi connectivity index (χ4n) is 4.07. The Balaban J connectivity index is 1.65. The van der Waals surface area contributed by atoms with Gasteiger partial charge in [0.2, 0.25) is 5.96 Å². The summed E-state index contributed by atoms with van der Waals surface area (Å²) in [6, 6.07) is 7.57. The van der Waals surface area contributed by atoms with Gasteiger partial charge in [-0.2, -0.15) is 4.98 Å². The number of carboxylic acids is 1. The maximum atomic E-state index is 13.5. The van der Waals surface area contributed by atoms with E-state index in [-0.39, 0.29) is 23.0 Å². The number of hydrogen-bond acceptors (Lipinski definition) is 8. The van der Waals surface area contributed by atoms with Crippen molar-refractivity contribution in [2.24, 2.45) is 4.99 Å². The molecule has 2 aromatic heterocycles. The number of carbonyl (C=O) groups is 2. The number of aromatic carboxylic acids is 1. The molecule has 1 amide bonds. The van der Waals surface area contributed by atoms with Gasteiger partial charge in [0.25, 0.3) is 5.91 Å². The summed E-state index contributed by atoms with van der Waals surface area (Å²) in [7, 11) is 0. The van der Waals surface area contributed by atoms with Gasteiger partial charge in [0.15, 0.2) is 0 Å². The molecule has 0 fully saturated rings. The summed E-state index contributed by atoms with van der Waals surface area (Å²) in [6.07, 6.45) is 8.10. The smallest absolute Gasteiger partial charge is 0.335 e. The molecule has 41 heavy (non-hydrogen) atoms. The number of aromatic nitrogens is 2. The van der Waals surface area contributed by atoms with Gasteiger partial charge in [0.05, 0.1) is 11.1 Å². The number of hydrogen-bond donors (Lipinski definition) is 4. The van der Waals surface area contributed by atoms with Crippen molar-refractivity contribution in [1.29, 1.82) is 0 Å². The van der Waals surface area contributed by atoms with E-state index in [1.165, 1.54) is 23.9 Å². The van der Waals surface area contributed by atoms with Gasteiger partial charge in [0.1, 0.15) is 23.3 Å². The normalized spacial score (nSPS) is 15.5. The van der Waals surface area contributed by atoms with Crippen LogP contribution in [-0.4, -0.2) is 32.9 Å². The highest BCUT2D eigenvalue weighted by Gasteiger charge is 2.31. The van der Waals surface area contributed by atoms with E-state index >= 15 is 0 Å². The third-order valence-corrected chi connectivity index (χ3v) is 6.76. The lowest BCUT2D eigenvalue weighted by Crippen LogP contribution is -2.37. The van der Waals surface area contributed by atoms with Crippen LogP contribution in [0.1, 0.15) is 66.2 Å². The highest BCUT2D eigenvalue weighted by molar-refractivity contribution is 6.31. The third-order valence-electron chi connectivity index (χ3n) is 6.44. The molecule has 11 heteroatoms. The lowest BCUT2D eigenvalue weighted by molar-refractivity contribution is -0.113. The van der Waals surface area contributed by atoms with E-state index in [1.54, 1.807) is 13.0 Å². The first-order valence-electron chi connectivity index (χ1n) is 13.0. The zero-order chi connectivity index (χ0) is 29.7. The number of nitrogens with zero attached hydrogens (tertiary/aromatic N) is 3. The fraction of sp³-hybridized carbons (Fsp3) is 0.233. The topological polar surface area (TPSA) is 142 Å². The van der Waals surface area contributed by atoms with Crippen LogP contribution < -0.4 is 16.0 Å². The first kappa shape index (κ1) is 29.3. The number of aliphatic imine (C=N–C) groups is 1. The van der Waals surface area contributed by atoms with Gasteiger partial charge in [-0.25, -0.2) is 14.8 Å². The minimum atomic E-state index is -1.13. The van der Waals surface area contributed by atoms with Gasteiger partial charge >= 0.3 is 12.0 Å². The number of anilines is 2. The molecule has 0 saturated heterocycles. The zero-order valence-corrected chi connectivity index (χ0v) is 24.1. The number of carbonyl (C=O) groups excluding carboxylic acids is 1. The van der Waals surface area contributed by atoms with Crippen LogP contribution in [-0.2, 0) is 4.79 Å². The number of amides is 1. The second kappa shape index (κ2) is 12.6. The molecular weight excluding hydrogens is 544 g/mol. The predicted molar refractivity (Wildman–Crippen MR) is 160 cm³/mol. The number of aryl methyl sites for hydroxylation is 2. The van der Waals surface area contributed by atoms with E-state index in [1.807, 2.05) is 44.2 Å². The second-order valence-electron chi connectivity index (χ2n) is 9.57. The summed E-state index contributed by atoms with van der Waals surface area (Å²) in [5.74, 6) is -0.606. The van der Waals surface area contributed by atoms with Crippen LogP contribution in [0.15, 0.2) is 74.9 Å². The number of guanidine groups is 1. The fourth-order valence-corrected chi connectivity index (χ4v) is 4.41. The van der Waals surface area contributed by atoms with E-state index in [9.17, 15) is 14.7 Å². The van der Waals surface area contributed by atoms with Crippen molar-refractivity contribution in [3.8, 4) is 0 Å². The molecule has 0 bridgehead atoms. The molecule has 4 N–H and O–H groups in total. The minimum absolute atomic E-state index is 0.00242. The Morgan fingerprint density at radius 2 is 1.98 bits per heavy atom. The summed E-state index contributed by atoms with van der Waals surface area (Å²) in [4.78, 5) is 38.3. The standard InChI is InChI=1S/C30H31ClN6O4/c1-6-16(2)8-7-9-23-19(5)41-30(34-23)37-29-33-18(4)25(26(36-29)21-11-10-17(3)14-22(21)31)27(38)35-24-15-20(28(39)40)12-13-32-24/h7-15,26H,6H2,1-5H3,(H,39,40)(H,32,35,38)(H2,33,34,36,37)/b9-7-,16-8-. The molecule has 10 nitrogen and oxygen atoms in total. The number of benzene rings is 1. The number of rotatable bonds is 8. The van der Waals surface area contributed by atoms with Crippen LogP contribution in [0.4, 0.5) is 11.8 Å². The minimum Gasteiger partial charge on any atom is -0.478 e. The van der Waals surface area contributed by atoms with E-state index in [0.717, 1.165) is 12.0 Å². The van der Waals surface area contributed by atoms with Gasteiger partial charge in [-0.15, -0.1) is 0 Å². The van der Waals surface area contributed by atoms with Crippen molar-refractivity contribution in [3.63, 3.8) is 0 Å². The molecule has 0 spiro atoms. The SMILES string of the molecule is CC/C(C)=C\C=C/c1nc(NC2=NC(c3ccc(C)cc3Cl)C(C(=O)Nc3cc(C(=O)O)ccn3)=C(C)N2)oc1C. The van der Waals surface area contributed by atoms with Gasteiger partial charge < -0.3 is 20.2 Å². The number of carboxylic acid groups (broad SMARTS) is 1. The van der Waals surface area contributed by atoms with Crippen molar-refractivity contribution >= 4 is 47.3 Å². The highest BCUT2D eigenvalue weighted by atomic mass is 35.5. The molecule has 0 aliphatic carbocycles. The van der Waals surface area contributed by atoms with E-state index in [0.29, 0.717) is 33.7 Å². The molecule has 0 radical (unpaired) electrons. The summed E-state index contributed by atoms with van der Waals surface area (Å²) in [6.45, 7) is 9.63. The van der Waals surface area contributed by atoms with Gasteiger partial charge in [0, 0.05) is 22.5 Å². The molecule has 212 valence electrons. The first-order valence-corrected chi connectivity index (χ1v) is 13.3. The van der Waals surface area contributed by atoms with Crippen LogP contribution in [0.25, 0.3) is 6.08 Å². The molecule has 4 rings (SSSR count). The van der Waals surface area contributed by atoms with Crippen LogP contribution in [0.3, 0.4) is 0 Å². The monoisotopic (exact) mass is 574 g/mol. The molecule has 1 unspecified atom stereocenters. The molecule has 1 aliphatic rings. The molecule has 1 aliphatic heterocycles. The number of nitrogens with one attached hydrogen (secondary N) is 3. The Kier molecular flexibility index (Phi) is 9.04. The molecule has 0 saturated carbocycles. The Hall–Kier alpha value is -4.70. The summed E-state index contributed by atoms with van der Waals surface area (Å²) < 4.78 is 5.81. The summed E-state index contributed by atoms with van der Waals surface area (Å²) in [5, 5.41) is 18.6. The second-order valence-corrected chi connectivity index (χ2v) is 9.98. The predicted octanol–water partition coefficient (Wildman–Crippen LogP) is 6.43. The van der Waals surface area contributed by atoms with Crippen LogP contribution >= 0.6 is 11.6 Å². The molecular formula is C30H31ClN6O4.